The Morgan fingerprint density at radius 1 is 1.36 bits per heavy atom. The monoisotopic (exact) mass is 337 g/mol. The van der Waals surface area contributed by atoms with Crippen molar-refractivity contribution >= 4 is 34.4 Å². The van der Waals surface area contributed by atoms with E-state index in [9.17, 15) is 0 Å². The lowest BCUT2D eigenvalue weighted by atomic mass is 10.1. The number of morpholine rings is 1. The molecule has 2 aromatic rings. The molecular formula is C15H21N4OS2+. The third-order valence-corrected chi connectivity index (χ3v) is 5.03. The fourth-order valence-corrected chi connectivity index (χ4v) is 3.57. The predicted octanol–water partition coefficient (Wildman–Crippen LogP) is 1.91. The molecule has 1 saturated heterocycles. The van der Waals surface area contributed by atoms with E-state index < -0.39 is 0 Å². The van der Waals surface area contributed by atoms with Crippen molar-refractivity contribution in [2.45, 2.75) is 20.5 Å². The van der Waals surface area contributed by atoms with E-state index in [1.54, 1.807) is 0 Å². The molecule has 2 heterocycles. The van der Waals surface area contributed by atoms with Crippen LogP contribution in [-0.4, -0.2) is 36.1 Å². The first kappa shape index (κ1) is 15.6. The van der Waals surface area contributed by atoms with Crippen LogP contribution in [0.3, 0.4) is 0 Å². The summed E-state index contributed by atoms with van der Waals surface area (Å²) < 4.78 is 8.12. The smallest absolute Gasteiger partial charge is 0.209 e. The molecule has 0 amide bonds. The summed E-state index contributed by atoms with van der Waals surface area (Å²) in [4.78, 5) is 1.46. The Hall–Kier alpha value is -1.28. The fourth-order valence-electron chi connectivity index (χ4n) is 2.56. The maximum absolute atomic E-state index is 5.45. The molecule has 1 aromatic heterocycles. The van der Waals surface area contributed by atoms with Gasteiger partial charge < -0.3 is 15.0 Å². The number of nitrogens with zero attached hydrogens (tertiary/aromatic N) is 2. The van der Waals surface area contributed by atoms with E-state index in [1.165, 1.54) is 27.4 Å². The third kappa shape index (κ3) is 3.73. The van der Waals surface area contributed by atoms with Crippen molar-refractivity contribution in [1.29, 1.82) is 0 Å². The van der Waals surface area contributed by atoms with Gasteiger partial charge in [-0.05, 0) is 37.7 Å². The maximum Gasteiger partial charge on any atom is 0.209 e. The number of ether oxygens (including phenoxy) is 1. The molecule has 0 radical (unpaired) electrons. The molecule has 1 aromatic carbocycles. The first-order chi connectivity index (χ1) is 10.6. The molecule has 5 nitrogen and oxygen atoms in total. The van der Waals surface area contributed by atoms with Crippen molar-refractivity contribution in [2.75, 3.05) is 31.6 Å². The first-order valence-corrected chi connectivity index (χ1v) is 8.68. The Morgan fingerprint density at radius 3 is 2.86 bits per heavy atom. The molecule has 0 spiro atoms. The summed E-state index contributed by atoms with van der Waals surface area (Å²) in [6.45, 7) is 8.68. The largest absolute Gasteiger partial charge is 0.370 e. The zero-order valence-electron chi connectivity index (χ0n) is 12.9. The number of nitrogens with one attached hydrogen (secondary N) is 2. The zero-order valence-corrected chi connectivity index (χ0v) is 14.5. The van der Waals surface area contributed by atoms with Gasteiger partial charge in [-0.2, -0.15) is 4.68 Å². The van der Waals surface area contributed by atoms with Crippen LogP contribution in [0, 0.1) is 17.8 Å². The maximum atomic E-state index is 5.45. The molecule has 3 rings (SSSR count). The number of hydrogen-bond donors (Lipinski definition) is 2. The minimum absolute atomic E-state index is 0.811. The van der Waals surface area contributed by atoms with Crippen LogP contribution in [0.5, 0.6) is 0 Å². The van der Waals surface area contributed by atoms with Crippen molar-refractivity contribution < 1.29 is 9.64 Å². The van der Waals surface area contributed by atoms with Crippen LogP contribution in [0.4, 0.5) is 10.8 Å². The molecule has 0 aliphatic carbocycles. The predicted molar refractivity (Wildman–Crippen MR) is 91.7 cm³/mol. The van der Waals surface area contributed by atoms with E-state index in [4.69, 9.17) is 17.0 Å². The van der Waals surface area contributed by atoms with Crippen LogP contribution in [0.1, 0.15) is 11.1 Å². The second-order valence-corrected chi connectivity index (χ2v) is 7.26. The Kier molecular flexibility index (Phi) is 4.87. The lowest BCUT2D eigenvalue weighted by Gasteiger charge is -2.23. The molecule has 0 bridgehead atoms. The van der Waals surface area contributed by atoms with Crippen LogP contribution in [0.25, 0.3) is 0 Å². The van der Waals surface area contributed by atoms with Gasteiger partial charge in [0.15, 0.2) is 10.6 Å². The molecule has 0 atom stereocenters. The highest BCUT2D eigenvalue weighted by Crippen LogP contribution is 2.23. The Morgan fingerprint density at radius 2 is 2.14 bits per heavy atom. The molecule has 118 valence electrons. The average molecular weight is 337 g/mol. The number of anilines is 2. The number of hydrogen-bond acceptors (Lipinski definition) is 5. The van der Waals surface area contributed by atoms with Gasteiger partial charge in [-0.25, -0.2) is 0 Å². The standard InChI is InChI=1S/C15H20N4OS2/c1-11-3-4-13(12(2)9-11)16-14-17-19(15(21)22-14)10-18-5-7-20-8-6-18/h3-4,9H,5-8,10H2,1-2H3,(H,16,17)/p+1. The Balaban J connectivity index is 1.72. The molecule has 0 saturated carbocycles. The van der Waals surface area contributed by atoms with E-state index in [0.29, 0.717) is 0 Å². The van der Waals surface area contributed by atoms with E-state index in [0.717, 1.165) is 47.7 Å². The Bertz CT molecular complexity index is 704. The second kappa shape index (κ2) is 6.87. The molecule has 7 heteroatoms. The highest BCUT2D eigenvalue weighted by Gasteiger charge is 2.16. The van der Waals surface area contributed by atoms with Crippen molar-refractivity contribution in [2.24, 2.45) is 0 Å². The van der Waals surface area contributed by atoms with Crippen molar-refractivity contribution in [3.8, 4) is 0 Å². The van der Waals surface area contributed by atoms with Crippen LogP contribution >= 0.6 is 23.6 Å². The van der Waals surface area contributed by atoms with Crippen molar-refractivity contribution in [3.05, 3.63) is 33.3 Å². The quantitative estimate of drug-likeness (QED) is 0.837. The van der Waals surface area contributed by atoms with Crippen LogP contribution < -0.4 is 10.2 Å². The number of rotatable bonds is 4. The molecular weight excluding hydrogens is 316 g/mol. The minimum atomic E-state index is 0.811. The number of benzene rings is 1. The van der Waals surface area contributed by atoms with Crippen LogP contribution in [0.2, 0.25) is 0 Å². The number of aromatic nitrogens is 2. The molecule has 2 N–H and O–H groups in total. The molecule has 22 heavy (non-hydrogen) atoms. The summed E-state index contributed by atoms with van der Waals surface area (Å²) in [5.74, 6) is 0. The van der Waals surface area contributed by atoms with Gasteiger partial charge in [-0.1, -0.05) is 29.0 Å². The van der Waals surface area contributed by atoms with Gasteiger partial charge in [0.05, 0.1) is 13.2 Å². The van der Waals surface area contributed by atoms with Crippen molar-refractivity contribution in [3.63, 3.8) is 0 Å². The third-order valence-electron chi connectivity index (χ3n) is 3.80. The van der Waals surface area contributed by atoms with Gasteiger partial charge in [-0.3, -0.25) is 0 Å². The second-order valence-electron chi connectivity index (χ2n) is 5.64. The van der Waals surface area contributed by atoms with Crippen molar-refractivity contribution in [1.82, 2.24) is 9.78 Å². The van der Waals surface area contributed by atoms with Gasteiger partial charge in [0.25, 0.3) is 0 Å². The fraction of sp³-hybridized carbons (Fsp3) is 0.467. The van der Waals surface area contributed by atoms with E-state index >= 15 is 0 Å². The van der Waals surface area contributed by atoms with Gasteiger partial charge >= 0.3 is 0 Å². The van der Waals surface area contributed by atoms with Crippen LogP contribution in [-0.2, 0) is 11.4 Å². The van der Waals surface area contributed by atoms with Crippen LogP contribution in [0.15, 0.2) is 18.2 Å². The Labute approximate surface area is 139 Å². The first-order valence-electron chi connectivity index (χ1n) is 7.45. The molecule has 1 fully saturated rings. The van der Waals surface area contributed by atoms with Gasteiger partial charge in [-0.15, -0.1) is 5.10 Å². The molecule has 1 aliphatic rings. The summed E-state index contributed by atoms with van der Waals surface area (Å²) in [5, 5.41) is 8.86. The highest BCUT2D eigenvalue weighted by atomic mass is 32.1. The summed E-state index contributed by atoms with van der Waals surface area (Å²) in [5.41, 5.74) is 3.56. The lowest BCUT2D eigenvalue weighted by Crippen LogP contribution is -3.13. The normalized spacial score (nSPS) is 15.9. The summed E-state index contributed by atoms with van der Waals surface area (Å²) in [6.07, 6.45) is 0. The van der Waals surface area contributed by atoms with Gasteiger partial charge in [0.2, 0.25) is 5.13 Å². The van der Waals surface area contributed by atoms with E-state index in [1.807, 2.05) is 4.68 Å². The SMILES string of the molecule is Cc1ccc(Nc2nn(C[NH+]3CCOCC3)c(=S)s2)c(C)c1. The number of quaternary nitrogens is 1. The van der Waals surface area contributed by atoms with Gasteiger partial charge in [0.1, 0.15) is 13.1 Å². The molecule has 0 unspecified atom stereocenters. The highest BCUT2D eigenvalue weighted by molar-refractivity contribution is 7.73. The lowest BCUT2D eigenvalue weighted by molar-refractivity contribution is -0.930. The van der Waals surface area contributed by atoms with Gasteiger partial charge in [0, 0.05) is 5.69 Å². The minimum Gasteiger partial charge on any atom is -0.370 e. The zero-order chi connectivity index (χ0) is 15.5. The summed E-state index contributed by atoms with van der Waals surface area (Å²) in [6, 6.07) is 6.35. The topological polar surface area (TPSA) is 43.5 Å². The summed E-state index contributed by atoms with van der Waals surface area (Å²) >= 11 is 6.97. The number of aryl methyl sites for hydroxylation is 2. The molecule has 1 aliphatic heterocycles. The average Bonchev–Trinajstić information content (AvgIpc) is 2.83. The summed E-state index contributed by atoms with van der Waals surface area (Å²) in [7, 11) is 0. The van der Waals surface area contributed by atoms with E-state index in [-0.39, 0.29) is 0 Å². The van der Waals surface area contributed by atoms with E-state index in [2.05, 4.69) is 42.5 Å².